The van der Waals surface area contributed by atoms with Crippen LogP contribution in [0.4, 0.5) is 11.4 Å². The Morgan fingerprint density at radius 3 is 1.80 bits per heavy atom. The molecule has 0 fully saturated rings. The summed E-state index contributed by atoms with van der Waals surface area (Å²) in [5.74, 6) is 0. The molecule has 8 rings (SSSR count). The Bertz CT molecular complexity index is 2120. The van der Waals surface area contributed by atoms with Gasteiger partial charge in [-0.05, 0) is 82.3 Å². The largest absolute Gasteiger partial charge is 0.334 e. The van der Waals surface area contributed by atoms with Gasteiger partial charge in [-0.15, -0.1) is 11.3 Å². The fourth-order valence-corrected chi connectivity index (χ4v) is 7.43. The quantitative estimate of drug-likeness (QED) is 0.189. The molecule has 2 heteroatoms. The second-order valence-electron chi connectivity index (χ2n) is 11.3. The minimum absolute atomic E-state index is 0.226. The van der Waals surface area contributed by atoms with Crippen LogP contribution in [0.5, 0.6) is 0 Å². The molecule has 1 aliphatic rings. The van der Waals surface area contributed by atoms with Crippen molar-refractivity contribution in [1.82, 2.24) is 0 Å². The highest BCUT2D eigenvalue weighted by Crippen LogP contribution is 2.38. The molecule has 1 heterocycles. The maximum absolute atomic E-state index is 2.46. The maximum atomic E-state index is 2.46. The van der Waals surface area contributed by atoms with Crippen LogP contribution in [-0.2, 0) is 0 Å². The lowest BCUT2D eigenvalue weighted by molar-refractivity contribution is 0.787. The minimum Gasteiger partial charge on any atom is -0.334 e. The van der Waals surface area contributed by atoms with Gasteiger partial charge in [0, 0.05) is 31.5 Å². The highest BCUT2D eigenvalue weighted by Gasteiger charge is 2.21. The van der Waals surface area contributed by atoms with Gasteiger partial charge >= 0.3 is 0 Å². The van der Waals surface area contributed by atoms with Gasteiger partial charge in [0.25, 0.3) is 0 Å². The average molecular weight is 582 g/mol. The van der Waals surface area contributed by atoms with Crippen molar-refractivity contribution >= 4 is 48.5 Å². The Morgan fingerprint density at radius 1 is 0.477 bits per heavy atom. The van der Waals surface area contributed by atoms with E-state index in [1.807, 2.05) is 11.3 Å². The molecule has 6 aromatic carbocycles. The van der Waals surface area contributed by atoms with Gasteiger partial charge < -0.3 is 4.90 Å². The molecule has 0 N–H and O–H groups in total. The minimum atomic E-state index is 0.226. The summed E-state index contributed by atoms with van der Waals surface area (Å²) >= 11 is 1.87. The van der Waals surface area contributed by atoms with Gasteiger partial charge in [-0.1, -0.05) is 127 Å². The third kappa shape index (κ3) is 5.04. The van der Waals surface area contributed by atoms with Crippen LogP contribution in [0.15, 0.2) is 170 Å². The summed E-state index contributed by atoms with van der Waals surface area (Å²) < 4.78 is 2.68. The standard InChI is InChI=1S/C42H31NS/c1-3-9-30(10-4-1)31-15-17-32(18-16-31)33-19-24-37(25-20-33)43(36-11-5-2-6-12-36)38-26-21-34(22-27-38)35-23-28-42-40(29-35)39-13-7-8-14-41(39)44-42/h1-24,26-29,37H,25H2. The van der Waals surface area contributed by atoms with E-state index in [4.69, 9.17) is 0 Å². The Balaban J connectivity index is 1.06. The van der Waals surface area contributed by atoms with Crippen LogP contribution in [0.1, 0.15) is 12.0 Å². The summed E-state index contributed by atoms with van der Waals surface area (Å²) in [6, 6.07) is 55.1. The molecule has 0 saturated carbocycles. The number of para-hydroxylation sites is 1. The van der Waals surface area contributed by atoms with Gasteiger partial charge in [0.1, 0.15) is 0 Å². The first-order valence-electron chi connectivity index (χ1n) is 15.2. The zero-order chi connectivity index (χ0) is 29.3. The normalized spacial score (nSPS) is 14.5. The van der Waals surface area contributed by atoms with Crippen LogP contribution < -0.4 is 4.90 Å². The van der Waals surface area contributed by atoms with Crippen molar-refractivity contribution in [3.8, 4) is 22.3 Å². The third-order valence-corrected chi connectivity index (χ3v) is 9.78. The lowest BCUT2D eigenvalue weighted by Crippen LogP contribution is -2.30. The lowest BCUT2D eigenvalue weighted by atomic mass is 9.94. The summed E-state index contributed by atoms with van der Waals surface area (Å²) in [4.78, 5) is 2.46. The summed E-state index contributed by atoms with van der Waals surface area (Å²) in [5, 5.41) is 2.67. The number of nitrogens with zero attached hydrogens (tertiary/aromatic N) is 1. The first-order valence-corrected chi connectivity index (χ1v) is 16.0. The predicted molar refractivity (Wildman–Crippen MR) is 191 cm³/mol. The van der Waals surface area contributed by atoms with E-state index in [2.05, 4.69) is 175 Å². The summed E-state index contributed by atoms with van der Waals surface area (Å²) in [7, 11) is 0. The predicted octanol–water partition coefficient (Wildman–Crippen LogP) is 11.9. The first-order chi connectivity index (χ1) is 21.8. The van der Waals surface area contributed by atoms with E-state index < -0.39 is 0 Å². The van der Waals surface area contributed by atoms with Gasteiger partial charge in [0.05, 0.1) is 6.04 Å². The SMILES string of the molecule is C1=CC(N(c2ccccc2)c2ccc(-c3ccc4sc5ccccc5c4c3)cc2)CC=C1c1ccc(-c2ccccc2)cc1. The number of hydrogen-bond acceptors (Lipinski definition) is 2. The number of thiophene rings is 1. The van der Waals surface area contributed by atoms with Gasteiger partial charge in [0.2, 0.25) is 0 Å². The molecule has 1 unspecified atom stereocenters. The number of rotatable bonds is 6. The van der Waals surface area contributed by atoms with E-state index in [1.165, 1.54) is 64.9 Å². The summed E-state index contributed by atoms with van der Waals surface area (Å²) in [6.07, 6.45) is 7.96. The number of benzene rings is 6. The molecule has 0 bridgehead atoms. The average Bonchev–Trinajstić information content (AvgIpc) is 3.48. The number of anilines is 2. The molecule has 210 valence electrons. The molecule has 0 radical (unpaired) electrons. The smallest absolute Gasteiger partial charge is 0.0560 e. The number of allylic oxidation sites excluding steroid dienone is 2. The molecule has 7 aromatic rings. The van der Waals surface area contributed by atoms with E-state index >= 15 is 0 Å². The Kier molecular flexibility index (Phi) is 6.90. The highest BCUT2D eigenvalue weighted by atomic mass is 32.1. The zero-order valence-electron chi connectivity index (χ0n) is 24.3. The number of hydrogen-bond donors (Lipinski definition) is 0. The summed E-state index contributed by atoms with van der Waals surface area (Å²) in [6.45, 7) is 0. The number of fused-ring (bicyclic) bond motifs is 3. The molecule has 44 heavy (non-hydrogen) atoms. The van der Waals surface area contributed by atoms with Crippen LogP contribution in [0.3, 0.4) is 0 Å². The Labute approximate surface area is 262 Å². The fourth-order valence-electron chi connectivity index (χ4n) is 6.34. The monoisotopic (exact) mass is 581 g/mol. The first kappa shape index (κ1) is 26.4. The molecular formula is C42H31NS. The van der Waals surface area contributed by atoms with Crippen molar-refractivity contribution in [3.05, 3.63) is 175 Å². The van der Waals surface area contributed by atoms with Crippen molar-refractivity contribution in [1.29, 1.82) is 0 Å². The Morgan fingerprint density at radius 2 is 1.05 bits per heavy atom. The van der Waals surface area contributed by atoms with Gasteiger partial charge in [0.15, 0.2) is 0 Å². The zero-order valence-corrected chi connectivity index (χ0v) is 25.1. The van der Waals surface area contributed by atoms with Crippen LogP contribution in [0, 0.1) is 0 Å². The second kappa shape index (κ2) is 11.5. The molecule has 0 spiro atoms. The van der Waals surface area contributed by atoms with Crippen LogP contribution in [0.2, 0.25) is 0 Å². The molecule has 1 aliphatic carbocycles. The van der Waals surface area contributed by atoms with E-state index in [9.17, 15) is 0 Å². The van der Waals surface area contributed by atoms with Crippen molar-refractivity contribution < 1.29 is 0 Å². The van der Waals surface area contributed by atoms with E-state index in [0.29, 0.717) is 0 Å². The molecule has 0 amide bonds. The van der Waals surface area contributed by atoms with Crippen LogP contribution in [-0.4, -0.2) is 6.04 Å². The molecule has 1 aromatic heterocycles. The van der Waals surface area contributed by atoms with Crippen molar-refractivity contribution in [2.75, 3.05) is 4.90 Å². The van der Waals surface area contributed by atoms with E-state index in [1.54, 1.807) is 0 Å². The van der Waals surface area contributed by atoms with Crippen molar-refractivity contribution in [2.45, 2.75) is 12.5 Å². The fraction of sp³-hybridized carbons (Fsp3) is 0.0476. The van der Waals surface area contributed by atoms with Gasteiger partial charge in [-0.25, -0.2) is 0 Å². The lowest BCUT2D eigenvalue weighted by Gasteiger charge is -2.33. The molecular weight excluding hydrogens is 551 g/mol. The van der Waals surface area contributed by atoms with E-state index in [-0.39, 0.29) is 6.04 Å². The third-order valence-electron chi connectivity index (χ3n) is 8.62. The topological polar surface area (TPSA) is 3.24 Å². The summed E-state index contributed by atoms with van der Waals surface area (Å²) in [5.41, 5.74) is 9.91. The van der Waals surface area contributed by atoms with Gasteiger partial charge in [-0.2, -0.15) is 0 Å². The van der Waals surface area contributed by atoms with Crippen LogP contribution >= 0.6 is 11.3 Å². The highest BCUT2D eigenvalue weighted by molar-refractivity contribution is 7.25. The second-order valence-corrected chi connectivity index (χ2v) is 12.4. The van der Waals surface area contributed by atoms with Crippen molar-refractivity contribution in [2.24, 2.45) is 0 Å². The van der Waals surface area contributed by atoms with Crippen LogP contribution in [0.25, 0.3) is 48.0 Å². The van der Waals surface area contributed by atoms with E-state index in [0.717, 1.165) is 6.42 Å². The Hall–Kier alpha value is -5.18. The van der Waals surface area contributed by atoms with Crippen molar-refractivity contribution in [3.63, 3.8) is 0 Å². The molecule has 1 nitrogen and oxygen atoms in total. The molecule has 1 atom stereocenters. The molecule has 0 saturated heterocycles. The maximum Gasteiger partial charge on any atom is 0.0560 e. The molecule has 0 aliphatic heterocycles. The van der Waals surface area contributed by atoms with Gasteiger partial charge in [-0.3, -0.25) is 0 Å².